The van der Waals surface area contributed by atoms with Crippen molar-refractivity contribution in [1.82, 2.24) is 10.2 Å². The minimum Gasteiger partial charge on any atom is -0.459 e. The lowest BCUT2D eigenvalue weighted by atomic mass is 10.1. The summed E-state index contributed by atoms with van der Waals surface area (Å²) in [5, 5.41) is 2.90. The first kappa shape index (κ1) is 15.3. The van der Waals surface area contributed by atoms with Crippen LogP contribution in [0.25, 0.3) is 0 Å². The SMILES string of the molecule is CC(C)(C)OC(=O)[C@H]1CCCN1C1CCCNC(=O)C1. The second-order valence-electron chi connectivity index (χ2n) is 6.78. The summed E-state index contributed by atoms with van der Waals surface area (Å²) in [7, 11) is 0. The lowest BCUT2D eigenvalue weighted by Gasteiger charge is -2.32. The maximum atomic E-state index is 12.3. The monoisotopic (exact) mass is 282 g/mol. The molecule has 1 unspecified atom stereocenters. The molecule has 1 amide bonds. The standard InChI is InChI=1S/C15H26N2O3/c1-15(2,3)20-14(19)12-7-5-9-17(12)11-6-4-8-16-13(18)10-11/h11-12H,4-10H2,1-3H3,(H,16,18)/t11?,12-/m1/s1. The van der Waals surface area contributed by atoms with Crippen molar-refractivity contribution in [3.05, 3.63) is 0 Å². The molecule has 114 valence electrons. The van der Waals surface area contributed by atoms with Gasteiger partial charge in [0.15, 0.2) is 0 Å². The Bertz CT molecular complexity index is 376. The van der Waals surface area contributed by atoms with E-state index in [0.717, 1.165) is 38.8 Å². The summed E-state index contributed by atoms with van der Waals surface area (Å²) in [6.45, 7) is 7.32. The predicted molar refractivity (Wildman–Crippen MR) is 76.2 cm³/mol. The molecule has 5 heteroatoms. The van der Waals surface area contributed by atoms with Gasteiger partial charge in [-0.2, -0.15) is 0 Å². The molecule has 0 radical (unpaired) electrons. The minimum atomic E-state index is -0.452. The zero-order valence-electron chi connectivity index (χ0n) is 12.8. The lowest BCUT2D eigenvalue weighted by Crippen LogP contribution is -2.46. The summed E-state index contributed by atoms with van der Waals surface area (Å²) >= 11 is 0. The number of nitrogens with zero attached hydrogens (tertiary/aromatic N) is 1. The second kappa shape index (κ2) is 6.12. The van der Waals surface area contributed by atoms with Gasteiger partial charge in [0.1, 0.15) is 11.6 Å². The fourth-order valence-corrected chi connectivity index (χ4v) is 3.09. The minimum absolute atomic E-state index is 0.0994. The smallest absolute Gasteiger partial charge is 0.323 e. The van der Waals surface area contributed by atoms with Crippen LogP contribution in [0.2, 0.25) is 0 Å². The van der Waals surface area contributed by atoms with Crippen LogP contribution in [0.3, 0.4) is 0 Å². The molecule has 0 aliphatic carbocycles. The van der Waals surface area contributed by atoms with Crippen LogP contribution in [0.5, 0.6) is 0 Å². The van der Waals surface area contributed by atoms with E-state index >= 15 is 0 Å². The highest BCUT2D eigenvalue weighted by Crippen LogP contribution is 2.27. The van der Waals surface area contributed by atoms with Gasteiger partial charge in [-0.3, -0.25) is 14.5 Å². The molecule has 0 spiro atoms. The number of hydrogen-bond donors (Lipinski definition) is 1. The Kier molecular flexibility index (Phi) is 4.68. The second-order valence-corrected chi connectivity index (χ2v) is 6.78. The van der Waals surface area contributed by atoms with Crippen LogP contribution in [-0.4, -0.2) is 47.6 Å². The number of hydrogen-bond acceptors (Lipinski definition) is 4. The maximum Gasteiger partial charge on any atom is 0.323 e. The molecule has 20 heavy (non-hydrogen) atoms. The molecule has 2 aliphatic rings. The zero-order valence-corrected chi connectivity index (χ0v) is 12.8. The topological polar surface area (TPSA) is 58.6 Å². The van der Waals surface area contributed by atoms with Crippen LogP contribution < -0.4 is 5.32 Å². The van der Waals surface area contributed by atoms with Crippen LogP contribution in [0, 0.1) is 0 Å². The molecule has 2 atom stereocenters. The summed E-state index contributed by atoms with van der Waals surface area (Å²) in [5.74, 6) is -0.0398. The molecular formula is C15H26N2O3. The third-order valence-electron chi connectivity index (χ3n) is 3.90. The number of esters is 1. The van der Waals surface area contributed by atoms with E-state index in [-0.39, 0.29) is 24.0 Å². The molecule has 0 saturated carbocycles. The van der Waals surface area contributed by atoms with Crippen molar-refractivity contribution in [3.63, 3.8) is 0 Å². The van der Waals surface area contributed by atoms with E-state index in [1.807, 2.05) is 20.8 Å². The quantitative estimate of drug-likeness (QED) is 0.779. The first-order chi connectivity index (χ1) is 9.37. The Hall–Kier alpha value is -1.10. The van der Waals surface area contributed by atoms with Gasteiger partial charge < -0.3 is 10.1 Å². The lowest BCUT2D eigenvalue weighted by molar-refractivity contribution is -0.161. The Morgan fingerprint density at radius 3 is 2.75 bits per heavy atom. The first-order valence-corrected chi connectivity index (χ1v) is 7.62. The summed E-state index contributed by atoms with van der Waals surface area (Å²) in [4.78, 5) is 26.2. The Morgan fingerprint density at radius 2 is 2.05 bits per heavy atom. The summed E-state index contributed by atoms with van der Waals surface area (Å²) < 4.78 is 5.52. The summed E-state index contributed by atoms with van der Waals surface area (Å²) in [6, 6.07) is 0.00245. The van der Waals surface area contributed by atoms with Gasteiger partial charge in [0, 0.05) is 19.0 Å². The summed E-state index contributed by atoms with van der Waals surface area (Å²) in [5.41, 5.74) is -0.452. The van der Waals surface area contributed by atoms with E-state index in [1.165, 1.54) is 0 Å². The molecule has 2 saturated heterocycles. The predicted octanol–water partition coefficient (Wildman–Crippen LogP) is 1.46. The van der Waals surface area contributed by atoms with Crippen LogP contribution in [-0.2, 0) is 14.3 Å². The molecule has 1 N–H and O–H groups in total. The van der Waals surface area contributed by atoms with Crippen LogP contribution in [0.1, 0.15) is 52.9 Å². The average Bonchev–Trinajstić information content (AvgIpc) is 2.71. The normalized spacial score (nSPS) is 28.9. The number of nitrogens with one attached hydrogen (secondary N) is 1. The third kappa shape index (κ3) is 3.95. The van der Waals surface area contributed by atoms with Crippen molar-refractivity contribution in [3.8, 4) is 0 Å². The van der Waals surface area contributed by atoms with Crippen LogP contribution in [0.4, 0.5) is 0 Å². The van der Waals surface area contributed by atoms with Gasteiger partial charge in [-0.05, 0) is 53.0 Å². The van der Waals surface area contributed by atoms with E-state index in [0.29, 0.717) is 6.42 Å². The summed E-state index contributed by atoms with van der Waals surface area (Å²) in [6.07, 6.45) is 4.29. The van der Waals surface area contributed by atoms with Crippen molar-refractivity contribution in [2.45, 2.75) is 70.6 Å². The van der Waals surface area contributed by atoms with Gasteiger partial charge in [0.25, 0.3) is 0 Å². The fourth-order valence-electron chi connectivity index (χ4n) is 3.09. The molecule has 2 fully saturated rings. The van der Waals surface area contributed by atoms with Gasteiger partial charge in [-0.25, -0.2) is 0 Å². The Morgan fingerprint density at radius 1 is 1.30 bits per heavy atom. The van der Waals surface area contributed by atoms with Crippen molar-refractivity contribution >= 4 is 11.9 Å². The number of carbonyl (C=O) groups excluding carboxylic acids is 2. The van der Waals surface area contributed by atoms with Gasteiger partial charge in [0.05, 0.1) is 0 Å². The highest BCUT2D eigenvalue weighted by molar-refractivity contribution is 5.78. The molecule has 5 nitrogen and oxygen atoms in total. The molecule has 0 bridgehead atoms. The number of rotatable bonds is 2. The molecule has 0 aromatic heterocycles. The van der Waals surface area contributed by atoms with E-state index in [2.05, 4.69) is 10.2 Å². The van der Waals surface area contributed by atoms with Crippen LogP contribution >= 0.6 is 0 Å². The highest BCUT2D eigenvalue weighted by Gasteiger charge is 2.38. The average molecular weight is 282 g/mol. The van der Waals surface area contributed by atoms with Gasteiger partial charge in [0.2, 0.25) is 5.91 Å². The molecule has 2 aliphatic heterocycles. The van der Waals surface area contributed by atoms with Crippen molar-refractivity contribution in [2.75, 3.05) is 13.1 Å². The van der Waals surface area contributed by atoms with E-state index < -0.39 is 5.60 Å². The number of carbonyl (C=O) groups is 2. The third-order valence-corrected chi connectivity index (χ3v) is 3.90. The largest absolute Gasteiger partial charge is 0.459 e. The van der Waals surface area contributed by atoms with Gasteiger partial charge >= 0.3 is 5.97 Å². The first-order valence-electron chi connectivity index (χ1n) is 7.62. The Labute approximate surface area is 121 Å². The number of ether oxygens (including phenoxy) is 1. The highest BCUT2D eigenvalue weighted by atomic mass is 16.6. The molecule has 2 heterocycles. The van der Waals surface area contributed by atoms with Gasteiger partial charge in [-0.15, -0.1) is 0 Å². The number of likely N-dealkylation sites (tertiary alicyclic amines) is 1. The van der Waals surface area contributed by atoms with Gasteiger partial charge in [-0.1, -0.05) is 0 Å². The Balaban J connectivity index is 2.02. The van der Waals surface area contributed by atoms with Crippen molar-refractivity contribution in [2.24, 2.45) is 0 Å². The maximum absolute atomic E-state index is 12.3. The molecule has 2 rings (SSSR count). The van der Waals surface area contributed by atoms with Crippen molar-refractivity contribution in [1.29, 1.82) is 0 Å². The number of amides is 1. The molecular weight excluding hydrogens is 256 g/mol. The van der Waals surface area contributed by atoms with E-state index in [1.54, 1.807) is 0 Å². The zero-order chi connectivity index (χ0) is 14.8. The van der Waals surface area contributed by atoms with E-state index in [4.69, 9.17) is 4.74 Å². The molecule has 0 aromatic rings. The van der Waals surface area contributed by atoms with Crippen LogP contribution in [0.15, 0.2) is 0 Å². The van der Waals surface area contributed by atoms with Crippen molar-refractivity contribution < 1.29 is 14.3 Å². The van der Waals surface area contributed by atoms with E-state index in [9.17, 15) is 9.59 Å². The fraction of sp³-hybridized carbons (Fsp3) is 0.867. The molecule has 0 aromatic carbocycles.